The van der Waals surface area contributed by atoms with Crippen LogP contribution in [0.5, 0.6) is 0 Å². The standard InChI is InChI=1S/C11H9NO5S/c1-8-3-2-4-9(7-8)18(15,16)11-6-5-10(17-11)12(13)14/h2-7H,1H3. The van der Waals surface area contributed by atoms with Gasteiger partial charge in [0.25, 0.3) is 0 Å². The van der Waals surface area contributed by atoms with Crippen LogP contribution in [0.1, 0.15) is 5.56 Å². The molecule has 0 fully saturated rings. The highest BCUT2D eigenvalue weighted by molar-refractivity contribution is 7.91. The SMILES string of the molecule is Cc1cccc(S(=O)(=O)c2ccc([N+](=O)[O-])o2)c1. The summed E-state index contributed by atoms with van der Waals surface area (Å²) >= 11 is 0. The van der Waals surface area contributed by atoms with Crippen molar-refractivity contribution in [2.75, 3.05) is 0 Å². The molecule has 0 aliphatic heterocycles. The third-order valence-electron chi connectivity index (χ3n) is 2.31. The van der Waals surface area contributed by atoms with Crippen molar-refractivity contribution >= 4 is 15.7 Å². The van der Waals surface area contributed by atoms with E-state index in [0.29, 0.717) is 0 Å². The maximum Gasteiger partial charge on any atom is 0.434 e. The van der Waals surface area contributed by atoms with Crippen molar-refractivity contribution in [3.63, 3.8) is 0 Å². The van der Waals surface area contributed by atoms with Crippen LogP contribution in [-0.2, 0) is 9.84 Å². The van der Waals surface area contributed by atoms with E-state index in [2.05, 4.69) is 0 Å². The zero-order valence-corrected chi connectivity index (χ0v) is 10.2. The molecule has 0 radical (unpaired) electrons. The molecule has 0 bridgehead atoms. The largest absolute Gasteiger partial charge is 0.434 e. The highest BCUT2D eigenvalue weighted by Gasteiger charge is 2.24. The van der Waals surface area contributed by atoms with Crippen molar-refractivity contribution in [1.82, 2.24) is 0 Å². The van der Waals surface area contributed by atoms with E-state index in [4.69, 9.17) is 4.42 Å². The number of hydrogen-bond donors (Lipinski definition) is 0. The minimum Gasteiger partial charge on any atom is -0.388 e. The fourth-order valence-electron chi connectivity index (χ4n) is 1.45. The van der Waals surface area contributed by atoms with E-state index in [1.807, 2.05) is 0 Å². The van der Waals surface area contributed by atoms with E-state index >= 15 is 0 Å². The van der Waals surface area contributed by atoms with Crippen molar-refractivity contribution in [1.29, 1.82) is 0 Å². The first-order valence-corrected chi connectivity index (χ1v) is 6.45. The summed E-state index contributed by atoms with van der Waals surface area (Å²) in [6, 6.07) is 8.34. The summed E-state index contributed by atoms with van der Waals surface area (Å²) in [4.78, 5) is 9.71. The molecular formula is C11H9NO5S. The Balaban J connectivity index is 2.51. The van der Waals surface area contributed by atoms with Gasteiger partial charge in [-0.2, -0.15) is 0 Å². The molecule has 6 nitrogen and oxygen atoms in total. The van der Waals surface area contributed by atoms with Gasteiger partial charge in [0.05, 0.1) is 11.0 Å². The molecule has 94 valence electrons. The van der Waals surface area contributed by atoms with Crippen molar-refractivity contribution in [3.8, 4) is 0 Å². The molecule has 0 atom stereocenters. The third-order valence-corrected chi connectivity index (χ3v) is 3.94. The summed E-state index contributed by atoms with van der Waals surface area (Å²) in [6.07, 6.45) is 0. The van der Waals surface area contributed by atoms with Crippen molar-refractivity contribution in [2.24, 2.45) is 0 Å². The van der Waals surface area contributed by atoms with Crippen LogP contribution < -0.4 is 0 Å². The second kappa shape index (κ2) is 4.26. The number of aryl methyl sites for hydroxylation is 1. The average Bonchev–Trinajstić information content (AvgIpc) is 2.79. The maximum absolute atomic E-state index is 12.1. The lowest BCUT2D eigenvalue weighted by molar-refractivity contribution is -0.403. The molecule has 18 heavy (non-hydrogen) atoms. The molecule has 0 saturated heterocycles. The molecule has 0 aliphatic rings. The van der Waals surface area contributed by atoms with Gasteiger partial charge in [0, 0.05) is 6.07 Å². The first kappa shape index (κ1) is 12.3. The van der Waals surface area contributed by atoms with Crippen LogP contribution in [-0.4, -0.2) is 13.3 Å². The van der Waals surface area contributed by atoms with E-state index in [-0.39, 0.29) is 4.90 Å². The molecule has 1 heterocycles. The minimum absolute atomic E-state index is 0.0479. The number of hydrogen-bond acceptors (Lipinski definition) is 5. The molecule has 0 amide bonds. The van der Waals surface area contributed by atoms with Crippen molar-refractivity contribution in [3.05, 3.63) is 52.1 Å². The Morgan fingerprint density at radius 1 is 1.22 bits per heavy atom. The van der Waals surface area contributed by atoms with Gasteiger partial charge in [0.1, 0.15) is 4.92 Å². The van der Waals surface area contributed by atoms with Crippen LogP contribution in [0.15, 0.2) is 50.8 Å². The molecular weight excluding hydrogens is 258 g/mol. The molecule has 0 saturated carbocycles. The number of rotatable bonds is 3. The van der Waals surface area contributed by atoms with Crippen LogP contribution in [0.25, 0.3) is 0 Å². The predicted molar refractivity (Wildman–Crippen MR) is 62.0 cm³/mol. The number of sulfone groups is 1. The monoisotopic (exact) mass is 267 g/mol. The zero-order valence-electron chi connectivity index (χ0n) is 9.36. The summed E-state index contributed by atoms with van der Waals surface area (Å²) in [7, 11) is -3.85. The van der Waals surface area contributed by atoms with Gasteiger partial charge in [-0.15, -0.1) is 0 Å². The first-order valence-electron chi connectivity index (χ1n) is 4.97. The van der Waals surface area contributed by atoms with E-state index in [1.54, 1.807) is 19.1 Å². The lowest BCUT2D eigenvalue weighted by Gasteiger charge is -2.01. The Morgan fingerprint density at radius 2 is 1.94 bits per heavy atom. The number of furan rings is 1. The Kier molecular flexibility index (Phi) is 2.92. The lowest BCUT2D eigenvalue weighted by atomic mass is 10.2. The second-order valence-corrected chi connectivity index (χ2v) is 5.55. The smallest absolute Gasteiger partial charge is 0.388 e. The summed E-state index contributed by atoms with van der Waals surface area (Å²) in [6.45, 7) is 1.75. The van der Waals surface area contributed by atoms with Crippen LogP contribution in [0.3, 0.4) is 0 Å². The molecule has 0 unspecified atom stereocenters. The Bertz CT molecular complexity index is 702. The number of benzene rings is 1. The molecule has 1 aromatic heterocycles. The predicted octanol–water partition coefficient (Wildman–Crippen LogP) is 2.33. The Labute approximate surface area is 103 Å². The average molecular weight is 267 g/mol. The summed E-state index contributed by atoms with van der Waals surface area (Å²) in [5.41, 5.74) is 0.775. The Morgan fingerprint density at radius 3 is 2.50 bits per heavy atom. The number of nitro groups is 1. The quantitative estimate of drug-likeness (QED) is 0.628. The van der Waals surface area contributed by atoms with Crippen LogP contribution >= 0.6 is 0 Å². The van der Waals surface area contributed by atoms with E-state index < -0.39 is 25.7 Å². The third kappa shape index (κ3) is 2.12. The molecule has 2 rings (SSSR count). The van der Waals surface area contributed by atoms with Gasteiger partial charge in [0.15, 0.2) is 0 Å². The summed E-state index contributed by atoms with van der Waals surface area (Å²) in [5, 5.41) is 10.0. The molecule has 0 spiro atoms. The fourth-order valence-corrected chi connectivity index (χ4v) is 2.72. The van der Waals surface area contributed by atoms with Crippen LogP contribution in [0.2, 0.25) is 0 Å². The molecule has 7 heteroatoms. The second-order valence-electron chi connectivity index (χ2n) is 3.67. The lowest BCUT2D eigenvalue weighted by Crippen LogP contribution is -2.00. The summed E-state index contributed by atoms with van der Waals surface area (Å²) < 4.78 is 28.9. The van der Waals surface area contributed by atoms with Gasteiger partial charge in [-0.05, 0) is 24.6 Å². The minimum atomic E-state index is -3.85. The van der Waals surface area contributed by atoms with Gasteiger partial charge in [-0.1, -0.05) is 12.1 Å². The zero-order chi connectivity index (χ0) is 13.3. The molecule has 0 N–H and O–H groups in total. The highest BCUT2D eigenvalue weighted by Crippen LogP contribution is 2.26. The van der Waals surface area contributed by atoms with Gasteiger partial charge in [0.2, 0.25) is 14.9 Å². The van der Waals surface area contributed by atoms with Crippen LogP contribution in [0, 0.1) is 17.0 Å². The normalized spacial score (nSPS) is 11.4. The van der Waals surface area contributed by atoms with Gasteiger partial charge < -0.3 is 4.42 Å². The van der Waals surface area contributed by atoms with E-state index in [0.717, 1.165) is 17.7 Å². The van der Waals surface area contributed by atoms with Crippen molar-refractivity contribution < 1.29 is 17.8 Å². The molecule has 1 aromatic carbocycles. The van der Waals surface area contributed by atoms with E-state index in [1.165, 1.54) is 12.1 Å². The Hall–Kier alpha value is -2.15. The van der Waals surface area contributed by atoms with Crippen molar-refractivity contribution in [2.45, 2.75) is 16.9 Å². The first-order chi connectivity index (χ1) is 8.41. The van der Waals surface area contributed by atoms with Gasteiger partial charge >= 0.3 is 5.88 Å². The van der Waals surface area contributed by atoms with Gasteiger partial charge in [-0.3, -0.25) is 10.1 Å². The topological polar surface area (TPSA) is 90.4 Å². The van der Waals surface area contributed by atoms with Crippen LogP contribution in [0.4, 0.5) is 5.88 Å². The fraction of sp³-hybridized carbons (Fsp3) is 0.0909. The summed E-state index contributed by atoms with van der Waals surface area (Å²) in [5.74, 6) is -0.596. The number of nitrogens with zero attached hydrogens (tertiary/aromatic N) is 1. The van der Waals surface area contributed by atoms with E-state index in [9.17, 15) is 18.5 Å². The maximum atomic E-state index is 12.1. The highest BCUT2D eigenvalue weighted by atomic mass is 32.2. The van der Waals surface area contributed by atoms with Gasteiger partial charge in [-0.25, -0.2) is 8.42 Å². The molecule has 2 aromatic rings. The molecule has 0 aliphatic carbocycles.